The monoisotopic (exact) mass is 397 g/mol. The Bertz CT molecular complexity index is 808. The molecule has 0 atom stereocenters. The molecule has 0 saturated heterocycles. The Labute approximate surface area is 175 Å². The van der Waals surface area contributed by atoms with Crippen LogP contribution in [-0.4, -0.2) is 34.4 Å². The van der Waals surface area contributed by atoms with E-state index in [0.29, 0.717) is 6.61 Å². The summed E-state index contributed by atoms with van der Waals surface area (Å²) >= 11 is 0. The van der Waals surface area contributed by atoms with Gasteiger partial charge in [-0.3, -0.25) is 0 Å². The van der Waals surface area contributed by atoms with Gasteiger partial charge in [0, 0.05) is 24.7 Å². The summed E-state index contributed by atoms with van der Waals surface area (Å²) in [4.78, 5) is 4.80. The Morgan fingerprint density at radius 2 is 2.03 bits per heavy atom. The van der Waals surface area contributed by atoms with Gasteiger partial charge in [-0.15, -0.1) is 0 Å². The van der Waals surface area contributed by atoms with Crippen molar-refractivity contribution in [2.75, 3.05) is 19.7 Å². The van der Waals surface area contributed by atoms with Gasteiger partial charge in [0.2, 0.25) is 0 Å². The molecule has 0 saturated carbocycles. The Hall–Kier alpha value is -2.53. The number of imidazole rings is 1. The van der Waals surface area contributed by atoms with E-state index in [1.165, 1.54) is 18.9 Å². The number of rotatable bonds is 13. The lowest BCUT2D eigenvalue weighted by atomic mass is 10.2. The highest BCUT2D eigenvalue weighted by Crippen LogP contribution is 2.27. The third-order valence-electron chi connectivity index (χ3n) is 4.77. The van der Waals surface area contributed by atoms with E-state index in [1.54, 1.807) is 6.08 Å². The maximum Gasteiger partial charge on any atom is 0.140 e. The van der Waals surface area contributed by atoms with Crippen LogP contribution >= 0.6 is 0 Å². The predicted molar refractivity (Wildman–Crippen MR) is 121 cm³/mol. The van der Waals surface area contributed by atoms with E-state index in [1.807, 2.05) is 25.1 Å². The largest absolute Gasteiger partial charge is 0.508 e. The van der Waals surface area contributed by atoms with Crippen molar-refractivity contribution in [3.05, 3.63) is 54.1 Å². The third-order valence-corrected chi connectivity index (χ3v) is 4.77. The van der Waals surface area contributed by atoms with Crippen molar-refractivity contribution >= 4 is 6.08 Å². The van der Waals surface area contributed by atoms with Crippen LogP contribution in [0.2, 0.25) is 0 Å². The molecular formula is C24H35N3O2. The maximum absolute atomic E-state index is 9.96. The van der Waals surface area contributed by atoms with Crippen molar-refractivity contribution in [3.8, 4) is 17.1 Å². The molecule has 0 aliphatic heterocycles. The molecule has 0 bridgehead atoms. The number of nitrogens with zero attached hydrogens (tertiary/aromatic N) is 2. The molecule has 2 N–H and O–H groups in total. The number of aromatic nitrogens is 2. The highest BCUT2D eigenvalue weighted by molar-refractivity contribution is 5.63. The first-order valence-electron chi connectivity index (χ1n) is 10.6. The first kappa shape index (κ1) is 22.8. The Kier molecular flexibility index (Phi) is 9.51. The fraction of sp³-hybridized carbons (Fsp3) is 0.458. The standard InChI is InChI=1S/C24H35N3O2/c1-5-8-13-25-14-16-29-22-12-10-11-20(17-22)24-26-19(4)23(18-21(28)7-3)27(24)15-9-6-2/h7,10-12,17-18,25,28H,3,5-6,8-9,13-16H2,1-2,4H3/b21-18+. The Morgan fingerprint density at radius 3 is 2.76 bits per heavy atom. The zero-order chi connectivity index (χ0) is 21.1. The molecule has 0 radical (unpaired) electrons. The molecule has 0 aliphatic rings. The van der Waals surface area contributed by atoms with Gasteiger partial charge < -0.3 is 19.7 Å². The third kappa shape index (κ3) is 6.79. The van der Waals surface area contributed by atoms with Crippen molar-refractivity contribution in [2.24, 2.45) is 0 Å². The molecule has 0 amide bonds. The molecule has 0 spiro atoms. The first-order chi connectivity index (χ1) is 14.1. The quantitative estimate of drug-likeness (QED) is 0.266. The second-order valence-corrected chi connectivity index (χ2v) is 7.16. The summed E-state index contributed by atoms with van der Waals surface area (Å²) in [6, 6.07) is 8.07. The molecule has 2 aromatic rings. The Balaban J connectivity index is 2.22. The minimum atomic E-state index is 0.143. The second kappa shape index (κ2) is 12.1. The smallest absolute Gasteiger partial charge is 0.140 e. The van der Waals surface area contributed by atoms with E-state index in [9.17, 15) is 5.11 Å². The first-order valence-corrected chi connectivity index (χ1v) is 10.6. The highest BCUT2D eigenvalue weighted by atomic mass is 16.5. The van der Waals surface area contributed by atoms with E-state index in [2.05, 4.69) is 36.4 Å². The van der Waals surface area contributed by atoms with Crippen LogP contribution in [0.1, 0.15) is 50.9 Å². The zero-order valence-corrected chi connectivity index (χ0v) is 18.1. The molecule has 5 nitrogen and oxygen atoms in total. The molecule has 1 aromatic carbocycles. The lowest BCUT2D eigenvalue weighted by molar-refractivity contribution is 0.314. The van der Waals surface area contributed by atoms with Gasteiger partial charge in [-0.2, -0.15) is 0 Å². The van der Waals surface area contributed by atoms with Crippen LogP contribution in [0.25, 0.3) is 17.5 Å². The van der Waals surface area contributed by atoms with E-state index < -0.39 is 0 Å². The lowest BCUT2D eigenvalue weighted by Crippen LogP contribution is -2.21. The number of ether oxygens (including phenoxy) is 1. The summed E-state index contributed by atoms with van der Waals surface area (Å²) in [6.45, 7) is 13.3. The number of unbranched alkanes of at least 4 members (excludes halogenated alkanes) is 2. The summed E-state index contributed by atoms with van der Waals surface area (Å²) in [6.07, 6.45) is 7.69. The van der Waals surface area contributed by atoms with Gasteiger partial charge in [0.1, 0.15) is 23.9 Å². The molecule has 158 valence electrons. The minimum absolute atomic E-state index is 0.143. The Morgan fingerprint density at radius 1 is 1.24 bits per heavy atom. The predicted octanol–water partition coefficient (Wildman–Crippen LogP) is 5.51. The summed E-state index contributed by atoms with van der Waals surface area (Å²) in [7, 11) is 0. The minimum Gasteiger partial charge on any atom is -0.508 e. The molecule has 29 heavy (non-hydrogen) atoms. The van der Waals surface area contributed by atoms with E-state index in [4.69, 9.17) is 9.72 Å². The summed E-state index contributed by atoms with van der Waals surface area (Å²) in [5, 5.41) is 13.4. The van der Waals surface area contributed by atoms with Crippen LogP contribution in [0.3, 0.4) is 0 Å². The number of hydrogen-bond donors (Lipinski definition) is 2. The van der Waals surface area contributed by atoms with Crippen LogP contribution in [0.15, 0.2) is 42.7 Å². The van der Waals surface area contributed by atoms with Crippen molar-refractivity contribution in [1.82, 2.24) is 14.9 Å². The molecule has 1 heterocycles. The summed E-state index contributed by atoms with van der Waals surface area (Å²) in [5.41, 5.74) is 2.81. The summed E-state index contributed by atoms with van der Waals surface area (Å²) < 4.78 is 8.09. The van der Waals surface area contributed by atoms with Gasteiger partial charge in [0.05, 0.1) is 11.4 Å². The molecular weight excluding hydrogens is 362 g/mol. The molecule has 0 fully saturated rings. The van der Waals surface area contributed by atoms with Gasteiger partial charge >= 0.3 is 0 Å². The zero-order valence-electron chi connectivity index (χ0n) is 18.1. The number of aryl methyl sites for hydroxylation is 1. The molecule has 0 unspecified atom stereocenters. The number of allylic oxidation sites excluding steroid dienone is 1. The number of nitrogens with one attached hydrogen (secondary N) is 1. The second-order valence-electron chi connectivity index (χ2n) is 7.16. The number of benzene rings is 1. The number of aliphatic hydroxyl groups excluding tert-OH is 1. The van der Waals surface area contributed by atoms with Gasteiger partial charge in [-0.05, 0) is 44.5 Å². The normalized spacial score (nSPS) is 11.6. The lowest BCUT2D eigenvalue weighted by Gasteiger charge is -2.12. The van der Waals surface area contributed by atoms with Gasteiger partial charge in [-0.25, -0.2) is 4.98 Å². The van der Waals surface area contributed by atoms with E-state index in [-0.39, 0.29) is 5.76 Å². The topological polar surface area (TPSA) is 59.3 Å². The van der Waals surface area contributed by atoms with Crippen molar-refractivity contribution in [1.29, 1.82) is 0 Å². The average Bonchev–Trinajstić information content (AvgIpc) is 3.04. The van der Waals surface area contributed by atoms with Crippen LogP contribution in [0, 0.1) is 6.92 Å². The van der Waals surface area contributed by atoms with Crippen LogP contribution in [0.5, 0.6) is 5.75 Å². The van der Waals surface area contributed by atoms with Crippen molar-refractivity contribution in [3.63, 3.8) is 0 Å². The molecule has 2 rings (SSSR count). The fourth-order valence-electron chi connectivity index (χ4n) is 3.12. The number of hydrogen-bond acceptors (Lipinski definition) is 4. The van der Waals surface area contributed by atoms with Crippen LogP contribution < -0.4 is 10.1 Å². The molecule has 0 aliphatic carbocycles. The molecule has 5 heteroatoms. The maximum atomic E-state index is 9.96. The van der Waals surface area contributed by atoms with Crippen LogP contribution in [-0.2, 0) is 6.54 Å². The van der Waals surface area contributed by atoms with Gasteiger partial charge in [-0.1, -0.05) is 45.4 Å². The van der Waals surface area contributed by atoms with Gasteiger partial charge in [0.25, 0.3) is 0 Å². The van der Waals surface area contributed by atoms with Gasteiger partial charge in [0.15, 0.2) is 0 Å². The number of aliphatic hydroxyl groups is 1. The van der Waals surface area contributed by atoms with E-state index >= 15 is 0 Å². The fourth-order valence-corrected chi connectivity index (χ4v) is 3.12. The highest BCUT2D eigenvalue weighted by Gasteiger charge is 2.15. The molecule has 1 aromatic heterocycles. The average molecular weight is 398 g/mol. The van der Waals surface area contributed by atoms with Crippen LogP contribution in [0.4, 0.5) is 0 Å². The SMILES string of the molecule is C=C/C(O)=C\c1c(C)nc(-c2cccc(OCCNCCCC)c2)n1CCCC. The van der Waals surface area contributed by atoms with Crippen molar-refractivity contribution < 1.29 is 9.84 Å². The van der Waals surface area contributed by atoms with E-state index in [0.717, 1.165) is 61.0 Å². The summed E-state index contributed by atoms with van der Waals surface area (Å²) in [5.74, 6) is 1.88. The van der Waals surface area contributed by atoms with Crippen molar-refractivity contribution in [2.45, 2.75) is 53.0 Å².